The van der Waals surface area contributed by atoms with E-state index < -0.39 is 20.9 Å². The van der Waals surface area contributed by atoms with E-state index in [1.165, 1.54) is 13.4 Å². The monoisotopic (exact) mass is 457 g/mol. The molecule has 9 nitrogen and oxygen atoms in total. The highest BCUT2D eigenvalue weighted by Gasteiger charge is 2.28. The van der Waals surface area contributed by atoms with Crippen molar-refractivity contribution in [1.29, 1.82) is 0 Å². The molecule has 0 fully saturated rings. The highest BCUT2D eigenvalue weighted by molar-refractivity contribution is 7.91. The van der Waals surface area contributed by atoms with Gasteiger partial charge in [-0.3, -0.25) is 4.57 Å². The van der Waals surface area contributed by atoms with Crippen LogP contribution in [0.4, 0.5) is 4.39 Å². The Morgan fingerprint density at radius 3 is 2.56 bits per heavy atom. The Kier molecular flexibility index (Phi) is 5.99. The average Bonchev–Trinajstić information content (AvgIpc) is 3.45. The summed E-state index contributed by atoms with van der Waals surface area (Å²) in [4.78, 5) is 7.70. The highest BCUT2D eigenvalue weighted by Crippen LogP contribution is 2.30. The summed E-state index contributed by atoms with van der Waals surface area (Å²) in [5.41, 5.74) is 0.575. The van der Waals surface area contributed by atoms with Crippen molar-refractivity contribution in [2.75, 3.05) is 7.11 Å². The van der Waals surface area contributed by atoms with E-state index in [-0.39, 0.29) is 23.8 Å². The van der Waals surface area contributed by atoms with Crippen LogP contribution < -0.4 is 4.74 Å². The summed E-state index contributed by atoms with van der Waals surface area (Å²) in [6, 6.07) is 10.6. The van der Waals surface area contributed by atoms with Crippen molar-refractivity contribution >= 4 is 9.84 Å². The van der Waals surface area contributed by atoms with Gasteiger partial charge < -0.3 is 9.15 Å². The molecule has 0 saturated heterocycles. The van der Waals surface area contributed by atoms with E-state index in [1.807, 2.05) is 0 Å². The number of hydrogen-bond acceptors (Lipinski definition) is 8. The van der Waals surface area contributed by atoms with Crippen molar-refractivity contribution in [3.05, 3.63) is 72.5 Å². The zero-order valence-electron chi connectivity index (χ0n) is 17.3. The van der Waals surface area contributed by atoms with Gasteiger partial charge in [0.15, 0.2) is 27.2 Å². The first-order valence-electron chi connectivity index (χ1n) is 9.68. The zero-order valence-corrected chi connectivity index (χ0v) is 18.2. The van der Waals surface area contributed by atoms with Crippen LogP contribution in [0, 0.1) is 5.82 Å². The fraction of sp³-hybridized carbons (Fsp3) is 0.238. The smallest absolute Gasteiger partial charge is 0.204 e. The van der Waals surface area contributed by atoms with E-state index in [1.54, 1.807) is 47.9 Å². The van der Waals surface area contributed by atoms with Crippen LogP contribution in [-0.4, -0.2) is 45.5 Å². The van der Waals surface area contributed by atoms with Crippen LogP contribution >= 0.6 is 0 Å². The van der Waals surface area contributed by atoms with Crippen LogP contribution in [0.3, 0.4) is 0 Å². The summed E-state index contributed by atoms with van der Waals surface area (Å²) in [6.07, 6.45) is 3.56. The molecule has 3 heterocycles. The van der Waals surface area contributed by atoms with Gasteiger partial charge in [0.2, 0.25) is 5.82 Å². The molecule has 1 aromatic carbocycles. The van der Waals surface area contributed by atoms with Crippen LogP contribution in [0.15, 0.2) is 59.5 Å². The number of nitrogens with zero attached hydrogens (tertiary/aromatic N) is 5. The number of ether oxygens (including phenoxy) is 1. The summed E-state index contributed by atoms with van der Waals surface area (Å²) >= 11 is 0. The number of para-hydroxylation sites is 2. The van der Waals surface area contributed by atoms with Crippen LogP contribution in [0.2, 0.25) is 0 Å². The molecule has 0 N–H and O–H groups in total. The van der Waals surface area contributed by atoms with E-state index in [0.29, 0.717) is 23.0 Å². The number of methoxy groups -OCH3 is 1. The quantitative estimate of drug-likeness (QED) is 0.397. The second-order valence-electron chi connectivity index (χ2n) is 7.06. The number of benzene rings is 1. The molecule has 1 atom stereocenters. The molecule has 0 bridgehead atoms. The second-order valence-corrected chi connectivity index (χ2v) is 9.48. The SMILES string of the molecule is COc1ccccc1-n1c(CS(=O)(=O)[C@H](C)Cc2ncc(F)cn2)nnc1-c1ccco1. The van der Waals surface area contributed by atoms with Gasteiger partial charge in [-0.05, 0) is 31.2 Å². The lowest BCUT2D eigenvalue weighted by Gasteiger charge is -2.15. The minimum absolute atomic E-state index is 0.0381. The first kappa shape index (κ1) is 21.6. The predicted molar refractivity (Wildman–Crippen MR) is 113 cm³/mol. The molecule has 0 spiro atoms. The maximum atomic E-state index is 13.1. The predicted octanol–water partition coefficient (Wildman–Crippen LogP) is 3.01. The average molecular weight is 457 g/mol. The van der Waals surface area contributed by atoms with E-state index in [2.05, 4.69) is 20.2 Å². The summed E-state index contributed by atoms with van der Waals surface area (Å²) < 4.78 is 51.9. The van der Waals surface area contributed by atoms with Gasteiger partial charge in [-0.2, -0.15) is 0 Å². The summed E-state index contributed by atoms with van der Waals surface area (Å²) in [5, 5.41) is 7.50. The van der Waals surface area contributed by atoms with Crippen molar-refractivity contribution in [1.82, 2.24) is 24.7 Å². The number of sulfone groups is 1. The molecule has 0 aliphatic carbocycles. The van der Waals surface area contributed by atoms with E-state index in [4.69, 9.17) is 9.15 Å². The zero-order chi connectivity index (χ0) is 22.7. The van der Waals surface area contributed by atoms with Crippen molar-refractivity contribution in [3.8, 4) is 23.0 Å². The molecule has 11 heteroatoms. The molecule has 0 amide bonds. The molecule has 3 aromatic heterocycles. The molecule has 4 aromatic rings. The third kappa shape index (κ3) is 4.37. The topological polar surface area (TPSA) is 113 Å². The summed E-state index contributed by atoms with van der Waals surface area (Å²) in [6.45, 7) is 1.55. The minimum atomic E-state index is -3.70. The first-order valence-corrected chi connectivity index (χ1v) is 11.4. The fourth-order valence-corrected chi connectivity index (χ4v) is 4.43. The molecular formula is C21H20FN5O4S. The van der Waals surface area contributed by atoms with Gasteiger partial charge in [0.25, 0.3) is 0 Å². The second kappa shape index (κ2) is 8.87. The van der Waals surface area contributed by atoms with Gasteiger partial charge in [0.1, 0.15) is 17.3 Å². The molecule has 0 aliphatic heterocycles. The van der Waals surface area contributed by atoms with Crippen LogP contribution in [-0.2, 0) is 22.0 Å². The molecule has 4 rings (SSSR count). The van der Waals surface area contributed by atoms with E-state index >= 15 is 0 Å². The number of aromatic nitrogens is 5. The lowest BCUT2D eigenvalue weighted by atomic mass is 10.2. The Morgan fingerprint density at radius 1 is 1.12 bits per heavy atom. The molecule has 166 valence electrons. The molecule has 32 heavy (non-hydrogen) atoms. The van der Waals surface area contributed by atoms with E-state index in [9.17, 15) is 12.8 Å². The highest BCUT2D eigenvalue weighted by atomic mass is 32.2. The largest absolute Gasteiger partial charge is 0.495 e. The Labute approximate surface area is 183 Å². The molecular weight excluding hydrogens is 437 g/mol. The van der Waals surface area contributed by atoms with Crippen LogP contribution in [0.25, 0.3) is 17.3 Å². The minimum Gasteiger partial charge on any atom is -0.495 e. The third-order valence-corrected chi connectivity index (χ3v) is 6.94. The number of rotatable bonds is 8. The molecule has 0 unspecified atom stereocenters. The summed E-state index contributed by atoms with van der Waals surface area (Å²) in [7, 11) is -2.17. The first-order chi connectivity index (χ1) is 15.4. The van der Waals surface area contributed by atoms with Gasteiger partial charge >= 0.3 is 0 Å². The van der Waals surface area contributed by atoms with Gasteiger partial charge in [-0.15, -0.1) is 10.2 Å². The molecule has 0 radical (unpaired) electrons. The van der Waals surface area contributed by atoms with Crippen molar-refractivity contribution < 1.29 is 22.0 Å². The number of hydrogen-bond donors (Lipinski definition) is 0. The van der Waals surface area contributed by atoms with Crippen LogP contribution in [0.1, 0.15) is 18.6 Å². The third-order valence-electron chi connectivity index (χ3n) is 4.88. The standard InChI is InChI=1S/C21H20FN5O4S/c1-14(10-19-23-11-15(22)12-24-19)32(28,29)13-20-25-26-21(18-8-5-9-31-18)27(20)16-6-3-4-7-17(16)30-2/h3-9,11-12,14H,10,13H2,1-2H3/t14-/m1/s1. The fourth-order valence-electron chi connectivity index (χ4n) is 3.19. The molecule has 0 saturated carbocycles. The lowest BCUT2D eigenvalue weighted by molar-refractivity contribution is 0.412. The van der Waals surface area contributed by atoms with Gasteiger partial charge in [0.05, 0.1) is 36.7 Å². The summed E-state index contributed by atoms with van der Waals surface area (Å²) in [5.74, 6) is 0.768. The maximum absolute atomic E-state index is 13.1. The number of furan rings is 1. The Balaban J connectivity index is 1.71. The lowest BCUT2D eigenvalue weighted by Crippen LogP contribution is -2.24. The van der Waals surface area contributed by atoms with Gasteiger partial charge in [0, 0.05) is 6.42 Å². The Hall–Kier alpha value is -3.60. The van der Waals surface area contributed by atoms with Gasteiger partial charge in [-0.25, -0.2) is 22.8 Å². The molecule has 0 aliphatic rings. The Morgan fingerprint density at radius 2 is 1.88 bits per heavy atom. The normalized spacial score (nSPS) is 12.6. The van der Waals surface area contributed by atoms with Crippen molar-refractivity contribution in [2.45, 2.75) is 24.3 Å². The van der Waals surface area contributed by atoms with Crippen molar-refractivity contribution in [3.63, 3.8) is 0 Å². The maximum Gasteiger partial charge on any atom is 0.204 e. The van der Waals surface area contributed by atoms with Gasteiger partial charge in [-0.1, -0.05) is 12.1 Å². The number of halogens is 1. The Bertz CT molecular complexity index is 1300. The van der Waals surface area contributed by atoms with E-state index in [0.717, 1.165) is 12.4 Å². The van der Waals surface area contributed by atoms with Crippen molar-refractivity contribution in [2.24, 2.45) is 0 Å². The van der Waals surface area contributed by atoms with Crippen LogP contribution in [0.5, 0.6) is 5.75 Å².